The molecule has 2 N–H and O–H groups in total. The van der Waals surface area contributed by atoms with Gasteiger partial charge in [0, 0.05) is 6.61 Å². The van der Waals surface area contributed by atoms with E-state index >= 15 is 0 Å². The topological polar surface area (TPSA) is 40.5 Å². The van der Waals surface area contributed by atoms with E-state index in [4.69, 9.17) is 5.11 Å². The van der Waals surface area contributed by atoms with Crippen molar-refractivity contribution in [2.45, 2.75) is 52.6 Å². The Labute approximate surface area is 82.0 Å². The second-order valence-electron chi connectivity index (χ2n) is 4.84. The molecule has 0 aliphatic rings. The summed E-state index contributed by atoms with van der Waals surface area (Å²) in [4.78, 5) is 0. The van der Waals surface area contributed by atoms with Crippen molar-refractivity contribution in [2.75, 3.05) is 6.61 Å². The Balaban J connectivity index is 3.53. The quantitative estimate of drug-likeness (QED) is 0.671. The largest absolute Gasteiger partial charge is 0.396 e. The lowest BCUT2D eigenvalue weighted by Gasteiger charge is -2.21. The van der Waals surface area contributed by atoms with E-state index in [9.17, 15) is 5.11 Å². The molecule has 2 atom stereocenters. The maximum absolute atomic E-state index is 9.48. The monoisotopic (exact) mass is 188 g/mol. The molecule has 0 amide bonds. The molecule has 0 radical (unpaired) electrons. The molecule has 13 heavy (non-hydrogen) atoms. The second kappa shape index (κ2) is 5.61. The summed E-state index contributed by atoms with van der Waals surface area (Å²) in [5, 5.41) is 18.4. The zero-order chi connectivity index (χ0) is 10.5. The van der Waals surface area contributed by atoms with Crippen LogP contribution < -0.4 is 0 Å². The predicted octanol–water partition coefficient (Wildman–Crippen LogP) is 2.19. The molecule has 2 nitrogen and oxygen atoms in total. The minimum Gasteiger partial charge on any atom is -0.396 e. The van der Waals surface area contributed by atoms with E-state index in [1.807, 2.05) is 13.8 Å². The Hall–Kier alpha value is -0.0800. The van der Waals surface area contributed by atoms with Crippen molar-refractivity contribution in [3.05, 3.63) is 0 Å². The average Bonchev–Trinajstić information content (AvgIpc) is 2.00. The third-order valence-corrected chi connectivity index (χ3v) is 2.71. The highest BCUT2D eigenvalue weighted by molar-refractivity contribution is 4.67. The van der Waals surface area contributed by atoms with Gasteiger partial charge in [0.1, 0.15) is 0 Å². The summed E-state index contributed by atoms with van der Waals surface area (Å²) in [5.74, 6) is 0.925. The molecule has 0 heterocycles. The van der Waals surface area contributed by atoms with E-state index in [-0.39, 0.29) is 6.61 Å². The molecule has 0 saturated carbocycles. The molecule has 2 unspecified atom stereocenters. The fourth-order valence-corrected chi connectivity index (χ4v) is 1.32. The van der Waals surface area contributed by atoms with Gasteiger partial charge in [-0.25, -0.2) is 0 Å². The molecule has 0 aliphatic carbocycles. The lowest BCUT2D eigenvalue weighted by molar-refractivity contribution is 0.0654. The van der Waals surface area contributed by atoms with Crippen LogP contribution in [0.4, 0.5) is 0 Å². The van der Waals surface area contributed by atoms with Gasteiger partial charge < -0.3 is 10.2 Å². The Bertz CT molecular complexity index is 127. The van der Waals surface area contributed by atoms with E-state index in [2.05, 4.69) is 13.8 Å². The molecule has 0 aromatic heterocycles. The van der Waals surface area contributed by atoms with Gasteiger partial charge in [0.15, 0.2) is 0 Å². The maximum Gasteiger partial charge on any atom is 0.0591 e. The van der Waals surface area contributed by atoms with Gasteiger partial charge in [0.05, 0.1) is 5.60 Å². The SMILES string of the molecule is CC(CO)C(C)CCCC(C)(C)O. The summed E-state index contributed by atoms with van der Waals surface area (Å²) in [6.45, 7) is 8.17. The Kier molecular flexibility index (Phi) is 5.57. The van der Waals surface area contributed by atoms with Crippen LogP contribution in [0.15, 0.2) is 0 Å². The zero-order valence-electron chi connectivity index (χ0n) is 9.38. The smallest absolute Gasteiger partial charge is 0.0591 e. The standard InChI is InChI=1S/C11H24O2/c1-9(10(2)8-12)6-5-7-11(3,4)13/h9-10,12-13H,5-8H2,1-4H3. The molecule has 0 aliphatic heterocycles. The van der Waals surface area contributed by atoms with Crippen molar-refractivity contribution in [1.82, 2.24) is 0 Å². The predicted molar refractivity (Wildman–Crippen MR) is 55.6 cm³/mol. The number of aliphatic hydroxyl groups excluding tert-OH is 1. The summed E-state index contributed by atoms with van der Waals surface area (Å²) in [6, 6.07) is 0. The first-order valence-corrected chi connectivity index (χ1v) is 5.20. The Morgan fingerprint density at radius 1 is 1.15 bits per heavy atom. The third kappa shape index (κ3) is 7.03. The van der Waals surface area contributed by atoms with E-state index < -0.39 is 5.60 Å². The van der Waals surface area contributed by atoms with Crippen LogP contribution in [0.1, 0.15) is 47.0 Å². The molecule has 2 heteroatoms. The summed E-state index contributed by atoms with van der Waals surface area (Å²) in [7, 11) is 0. The fourth-order valence-electron chi connectivity index (χ4n) is 1.32. The van der Waals surface area contributed by atoms with Crippen molar-refractivity contribution < 1.29 is 10.2 Å². The lowest BCUT2D eigenvalue weighted by Crippen LogP contribution is -2.19. The van der Waals surface area contributed by atoms with Crippen LogP contribution in [0.25, 0.3) is 0 Å². The zero-order valence-corrected chi connectivity index (χ0v) is 9.38. The second-order valence-corrected chi connectivity index (χ2v) is 4.84. The normalized spacial score (nSPS) is 17.1. The van der Waals surface area contributed by atoms with Crippen molar-refractivity contribution >= 4 is 0 Å². The molecule has 0 aromatic carbocycles. The van der Waals surface area contributed by atoms with Gasteiger partial charge in [-0.05, 0) is 32.1 Å². The lowest BCUT2D eigenvalue weighted by atomic mass is 9.89. The van der Waals surface area contributed by atoms with E-state index in [1.165, 1.54) is 0 Å². The van der Waals surface area contributed by atoms with Crippen LogP contribution in [0.5, 0.6) is 0 Å². The van der Waals surface area contributed by atoms with Crippen LogP contribution in [-0.4, -0.2) is 22.4 Å². The van der Waals surface area contributed by atoms with Crippen molar-refractivity contribution in [3.63, 3.8) is 0 Å². The van der Waals surface area contributed by atoms with Crippen LogP contribution in [0, 0.1) is 11.8 Å². The van der Waals surface area contributed by atoms with Crippen molar-refractivity contribution in [1.29, 1.82) is 0 Å². The number of hydrogen-bond donors (Lipinski definition) is 2. The maximum atomic E-state index is 9.48. The van der Waals surface area contributed by atoms with Gasteiger partial charge in [-0.1, -0.05) is 26.7 Å². The highest BCUT2D eigenvalue weighted by Crippen LogP contribution is 2.20. The summed E-state index contributed by atoms with van der Waals surface area (Å²) in [6.07, 6.45) is 2.97. The van der Waals surface area contributed by atoms with E-state index in [0.29, 0.717) is 11.8 Å². The van der Waals surface area contributed by atoms with Crippen LogP contribution in [0.2, 0.25) is 0 Å². The van der Waals surface area contributed by atoms with Gasteiger partial charge in [-0.2, -0.15) is 0 Å². The summed E-state index contributed by atoms with van der Waals surface area (Å²) < 4.78 is 0. The molecule has 0 bridgehead atoms. The van der Waals surface area contributed by atoms with Crippen LogP contribution in [0.3, 0.4) is 0 Å². The fraction of sp³-hybridized carbons (Fsp3) is 1.00. The number of hydrogen-bond acceptors (Lipinski definition) is 2. The van der Waals surface area contributed by atoms with Gasteiger partial charge in [-0.3, -0.25) is 0 Å². The van der Waals surface area contributed by atoms with Crippen molar-refractivity contribution in [2.24, 2.45) is 11.8 Å². The van der Waals surface area contributed by atoms with Gasteiger partial charge in [0.25, 0.3) is 0 Å². The number of rotatable bonds is 6. The first kappa shape index (κ1) is 12.9. The molecule has 0 fully saturated rings. The Morgan fingerprint density at radius 3 is 2.08 bits per heavy atom. The van der Waals surface area contributed by atoms with Gasteiger partial charge in [-0.15, -0.1) is 0 Å². The highest BCUT2D eigenvalue weighted by Gasteiger charge is 2.15. The minimum atomic E-state index is -0.540. The molecule has 80 valence electrons. The van der Waals surface area contributed by atoms with Crippen molar-refractivity contribution in [3.8, 4) is 0 Å². The first-order chi connectivity index (χ1) is 5.87. The average molecular weight is 188 g/mol. The highest BCUT2D eigenvalue weighted by atomic mass is 16.3. The number of aliphatic hydroxyl groups is 2. The summed E-state index contributed by atoms with van der Waals surface area (Å²) in [5.41, 5.74) is -0.540. The van der Waals surface area contributed by atoms with E-state index in [1.54, 1.807) is 0 Å². The van der Waals surface area contributed by atoms with Crippen LogP contribution >= 0.6 is 0 Å². The molecule has 0 aromatic rings. The molecule has 0 spiro atoms. The van der Waals surface area contributed by atoms with E-state index in [0.717, 1.165) is 19.3 Å². The van der Waals surface area contributed by atoms with Gasteiger partial charge in [0.2, 0.25) is 0 Å². The van der Waals surface area contributed by atoms with Crippen LogP contribution in [-0.2, 0) is 0 Å². The minimum absolute atomic E-state index is 0.268. The molecule has 0 saturated heterocycles. The first-order valence-electron chi connectivity index (χ1n) is 5.20. The van der Waals surface area contributed by atoms with Gasteiger partial charge >= 0.3 is 0 Å². The summed E-state index contributed by atoms with van der Waals surface area (Å²) >= 11 is 0. The molecular formula is C11H24O2. The molecular weight excluding hydrogens is 164 g/mol. The Morgan fingerprint density at radius 2 is 1.69 bits per heavy atom. The third-order valence-electron chi connectivity index (χ3n) is 2.71. The molecule has 0 rings (SSSR count).